The van der Waals surface area contributed by atoms with Crippen LogP contribution in [0.4, 0.5) is 11.5 Å². The van der Waals surface area contributed by atoms with Crippen molar-refractivity contribution in [2.75, 3.05) is 23.7 Å². The van der Waals surface area contributed by atoms with E-state index in [1.165, 1.54) is 16.7 Å². The number of fused-ring (bicyclic) bond motifs is 1. The van der Waals surface area contributed by atoms with E-state index >= 15 is 0 Å². The molecule has 0 bridgehead atoms. The van der Waals surface area contributed by atoms with E-state index in [1.54, 1.807) is 0 Å². The Balaban J connectivity index is 1.53. The second-order valence-corrected chi connectivity index (χ2v) is 8.10. The van der Waals surface area contributed by atoms with Gasteiger partial charge in [0.2, 0.25) is 0 Å². The normalized spacial score (nSPS) is 10.5. The Morgan fingerprint density at radius 2 is 1.67 bits per heavy atom. The number of benzene rings is 2. The quantitative estimate of drug-likeness (QED) is 0.381. The minimum Gasteiger partial charge on any atom is -0.369 e. The Kier molecular flexibility index (Phi) is 6.86. The van der Waals surface area contributed by atoms with Crippen LogP contribution in [0.5, 0.6) is 0 Å². The first-order valence-corrected chi connectivity index (χ1v) is 10.5. The molecule has 154 valence electrons. The molecule has 0 fully saturated rings. The van der Waals surface area contributed by atoms with Gasteiger partial charge in [0.1, 0.15) is 11.9 Å². The monoisotopic (exact) mass is 417 g/mol. The summed E-state index contributed by atoms with van der Waals surface area (Å²) < 4.78 is 0. The highest BCUT2D eigenvalue weighted by Gasteiger charge is 2.09. The van der Waals surface area contributed by atoms with Gasteiger partial charge >= 0.3 is 0 Å². The fourth-order valence-corrected chi connectivity index (χ4v) is 3.81. The van der Waals surface area contributed by atoms with Crippen molar-refractivity contribution < 1.29 is 0 Å². The third kappa shape index (κ3) is 5.46. The van der Waals surface area contributed by atoms with Gasteiger partial charge in [-0.1, -0.05) is 17.7 Å². The van der Waals surface area contributed by atoms with Crippen molar-refractivity contribution in [1.82, 2.24) is 10.3 Å². The van der Waals surface area contributed by atoms with Gasteiger partial charge < -0.3 is 16.0 Å². The van der Waals surface area contributed by atoms with Gasteiger partial charge in [0.25, 0.3) is 0 Å². The van der Waals surface area contributed by atoms with Crippen molar-refractivity contribution >= 4 is 39.7 Å². The molecule has 0 amide bonds. The van der Waals surface area contributed by atoms with Crippen LogP contribution in [0.3, 0.4) is 0 Å². The summed E-state index contributed by atoms with van der Waals surface area (Å²) in [5.74, 6) is 0.632. The number of nitrogens with zero attached hydrogens (tertiary/aromatic N) is 2. The van der Waals surface area contributed by atoms with Gasteiger partial charge in [-0.3, -0.25) is 0 Å². The predicted octanol–water partition coefficient (Wildman–Crippen LogP) is 5.13. The number of anilines is 2. The zero-order valence-electron chi connectivity index (χ0n) is 17.9. The molecule has 0 saturated heterocycles. The molecule has 0 radical (unpaired) electrons. The van der Waals surface area contributed by atoms with Crippen molar-refractivity contribution in [3.8, 4) is 6.07 Å². The molecule has 30 heavy (non-hydrogen) atoms. The van der Waals surface area contributed by atoms with Gasteiger partial charge in [-0.15, -0.1) is 0 Å². The van der Waals surface area contributed by atoms with Crippen LogP contribution in [0.25, 0.3) is 10.9 Å². The number of aryl methyl sites for hydroxylation is 4. The molecule has 0 atom stereocenters. The fraction of sp³-hybridized carbons (Fsp3) is 0.292. The summed E-state index contributed by atoms with van der Waals surface area (Å²) in [6.45, 7) is 9.65. The summed E-state index contributed by atoms with van der Waals surface area (Å²) in [5.41, 5.74) is 7.17. The standard InChI is InChI=1S/C24H27N5S/c1-15-8-16(2)12-21(11-15)28-24(30)27-7-5-6-26-23-20(14-25)13-19-10-17(3)9-18(4)22(19)29-23/h8-13H,5-7H2,1-4H3,(H,26,29)(H2,27,28,30). The fourth-order valence-electron chi connectivity index (χ4n) is 3.59. The van der Waals surface area contributed by atoms with Gasteiger partial charge in [-0.2, -0.15) is 5.26 Å². The molecular formula is C24H27N5S. The topological polar surface area (TPSA) is 72.8 Å². The molecule has 1 aromatic heterocycles. The Hall–Kier alpha value is -3.17. The SMILES string of the molecule is Cc1cc(C)cc(NC(=S)NCCCNc2nc3c(C)cc(C)cc3cc2C#N)c1. The highest BCUT2D eigenvalue weighted by Crippen LogP contribution is 2.24. The number of thiocarbonyl (C=S) groups is 1. The van der Waals surface area contributed by atoms with Gasteiger partial charge in [0.05, 0.1) is 11.1 Å². The molecule has 3 rings (SSSR count). The first-order valence-electron chi connectivity index (χ1n) is 10.0. The van der Waals surface area contributed by atoms with Crippen LogP contribution < -0.4 is 16.0 Å². The molecule has 3 aromatic rings. The summed E-state index contributed by atoms with van der Waals surface area (Å²) >= 11 is 5.38. The van der Waals surface area contributed by atoms with Crippen LogP contribution >= 0.6 is 12.2 Å². The molecule has 0 saturated carbocycles. The number of pyridine rings is 1. The number of nitriles is 1. The average Bonchev–Trinajstić information content (AvgIpc) is 2.66. The van der Waals surface area contributed by atoms with Crippen LogP contribution in [0, 0.1) is 39.0 Å². The lowest BCUT2D eigenvalue weighted by atomic mass is 10.1. The third-order valence-electron chi connectivity index (χ3n) is 4.78. The molecule has 0 aliphatic carbocycles. The molecule has 2 aromatic carbocycles. The van der Waals surface area contributed by atoms with Crippen molar-refractivity contribution in [3.05, 3.63) is 64.2 Å². The van der Waals surface area contributed by atoms with Gasteiger partial charge in [0.15, 0.2) is 5.11 Å². The molecule has 3 N–H and O–H groups in total. The highest BCUT2D eigenvalue weighted by atomic mass is 32.1. The van der Waals surface area contributed by atoms with E-state index in [9.17, 15) is 5.26 Å². The number of rotatable bonds is 6. The molecule has 6 heteroatoms. The molecule has 0 spiro atoms. The average molecular weight is 418 g/mol. The van der Waals surface area contributed by atoms with E-state index in [0.29, 0.717) is 23.0 Å². The zero-order valence-corrected chi connectivity index (χ0v) is 18.7. The molecular weight excluding hydrogens is 390 g/mol. The third-order valence-corrected chi connectivity index (χ3v) is 5.03. The van der Waals surface area contributed by atoms with Crippen molar-refractivity contribution in [2.45, 2.75) is 34.1 Å². The number of aromatic nitrogens is 1. The van der Waals surface area contributed by atoms with Gasteiger partial charge in [0, 0.05) is 24.2 Å². The molecule has 0 aliphatic rings. The zero-order chi connectivity index (χ0) is 21.7. The number of nitrogens with one attached hydrogen (secondary N) is 3. The first-order chi connectivity index (χ1) is 14.4. The number of hydrogen-bond acceptors (Lipinski definition) is 4. The first kappa shape index (κ1) is 21.5. The maximum Gasteiger partial charge on any atom is 0.170 e. The maximum absolute atomic E-state index is 9.50. The van der Waals surface area contributed by atoms with Crippen molar-refractivity contribution in [3.63, 3.8) is 0 Å². The van der Waals surface area contributed by atoms with E-state index in [2.05, 4.69) is 73.1 Å². The summed E-state index contributed by atoms with van der Waals surface area (Å²) in [5, 5.41) is 20.9. The van der Waals surface area contributed by atoms with Crippen molar-refractivity contribution in [1.29, 1.82) is 5.26 Å². The van der Waals surface area contributed by atoms with Crippen LogP contribution in [-0.2, 0) is 0 Å². The summed E-state index contributed by atoms with van der Waals surface area (Å²) in [6, 6.07) is 14.6. The summed E-state index contributed by atoms with van der Waals surface area (Å²) in [7, 11) is 0. The van der Waals surface area contributed by atoms with Crippen LogP contribution in [0.1, 0.15) is 34.2 Å². The predicted molar refractivity (Wildman–Crippen MR) is 129 cm³/mol. The minimum absolute atomic E-state index is 0.562. The lowest BCUT2D eigenvalue weighted by molar-refractivity contribution is 0.807. The lowest BCUT2D eigenvalue weighted by Crippen LogP contribution is -2.30. The maximum atomic E-state index is 9.50. The van der Waals surface area contributed by atoms with E-state index in [-0.39, 0.29) is 0 Å². The molecule has 5 nitrogen and oxygen atoms in total. The van der Waals surface area contributed by atoms with Crippen LogP contribution in [0.15, 0.2) is 36.4 Å². The Morgan fingerprint density at radius 1 is 0.967 bits per heavy atom. The Bertz CT molecular complexity index is 1110. The Morgan fingerprint density at radius 3 is 2.37 bits per heavy atom. The lowest BCUT2D eigenvalue weighted by Gasteiger charge is -2.13. The van der Waals surface area contributed by atoms with Crippen molar-refractivity contribution in [2.24, 2.45) is 0 Å². The number of hydrogen-bond donors (Lipinski definition) is 3. The smallest absolute Gasteiger partial charge is 0.170 e. The molecule has 0 aliphatic heterocycles. The van der Waals surface area contributed by atoms with E-state index < -0.39 is 0 Å². The summed E-state index contributed by atoms with van der Waals surface area (Å²) in [4.78, 5) is 4.70. The largest absolute Gasteiger partial charge is 0.369 e. The van der Waals surface area contributed by atoms with E-state index in [1.807, 2.05) is 13.0 Å². The van der Waals surface area contributed by atoms with Gasteiger partial charge in [-0.25, -0.2) is 4.98 Å². The van der Waals surface area contributed by atoms with E-state index in [0.717, 1.165) is 35.1 Å². The highest BCUT2D eigenvalue weighted by molar-refractivity contribution is 7.80. The minimum atomic E-state index is 0.562. The molecule has 0 unspecified atom stereocenters. The summed E-state index contributed by atoms with van der Waals surface area (Å²) in [6.07, 6.45) is 0.839. The Labute approximate surface area is 183 Å². The second kappa shape index (κ2) is 9.55. The van der Waals surface area contributed by atoms with Crippen LogP contribution in [-0.4, -0.2) is 23.2 Å². The second-order valence-electron chi connectivity index (χ2n) is 7.69. The van der Waals surface area contributed by atoms with E-state index in [4.69, 9.17) is 17.2 Å². The molecule has 1 heterocycles. The van der Waals surface area contributed by atoms with Crippen LogP contribution in [0.2, 0.25) is 0 Å². The van der Waals surface area contributed by atoms with Gasteiger partial charge in [-0.05, 0) is 87.3 Å².